The van der Waals surface area contributed by atoms with Crippen molar-refractivity contribution in [2.75, 3.05) is 26.9 Å². The molecule has 23 atom stereocenters. The molecule has 12 N–H and O–H groups in total. The van der Waals surface area contributed by atoms with Gasteiger partial charge in [-0.15, -0.1) is 0 Å². The zero-order valence-electron chi connectivity index (χ0n) is 52.8. The van der Waals surface area contributed by atoms with Crippen molar-refractivity contribution >= 4 is 29.7 Å². The van der Waals surface area contributed by atoms with E-state index in [9.17, 15) is 69.9 Å². The lowest BCUT2D eigenvalue weighted by Gasteiger charge is -2.50. The van der Waals surface area contributed by atoms with Gasteiger partial charge in [0.15, 0.2) is 31.1 Å². The molecule has 0 radical (unpaired) electrons. The molecule has 1 aromatic carbocycles. The number of fused-ring (bicyclic) bond motifs is 1. The minimum Gasteiger partial charge on any atom is -0.487 e. The number of benzene rings is 1. The highest BCUT2D eigenvalue weighted by atomic mass is 16.8. The van der Waals surface area contributed by atoms with E-state index in [1.807, 2.05) is 20.8 Å². The van der Waals surface area contributed by atoms with Gasteiger partial charge >= 0.3 is 11.9 Å². The molecular formula is C61H99N3O24. The predicted octanol–water partition coefficient (Wildman–Crippen LogP) is 0.533. The van der Waals surface area contributed by atoms with Gasteiger partial charge in [-0.1, -0.05) is 72.6 Å². The first-order chi connectivity index (χ1) is 41.4. The van der Waals surface area contributed by atoms with Crippen molar-refractivity contribution in [2.45, 2.75) is 275 Å². The van der Waals surface area contributed by atoms with Crippen LogP contribution in [0.4, 0.5) is 0 Å². The van der Waals surface area contributed by atoms with E-state index >= 15 is 0 Å². The van der Waals surface area contributed by atoms with Crippen molar-refractivity contribution in [3.05, 3.63) is 22.3 Å². The lowest BCUT2D eigenvalue weighted by atomic mass is 9.83. The fourth-order valence-corrected chi connectivity index (χ4v) is 12.6. The molecule has 6 rings (SSSR count). The smallest absolute Gasteiger partial charge is 0.335 e. The number of aliphatic carboxylic acids is 1. The second-order valence-corrected chi connectivity index (χ2v) is 25.5. The summed E-state index contributed by atoms with van der Waals surface area (Å²) in [7, 11) is 1.11. The Bertz CT molecular complexity index is 2490. The van der Waals surface area contributed by atoms with E-state index in [0.717, 1.165) is 75.4 Å². The van der Waals surface area contributed by atoms with Crippen LogP contribution in [0.15, 0.2) is 0 Å². The maximum Gasteiger partial charge on any atom is 0.335 e. The number of hydrogen-bond acceptors (Lipinski definition) is 23. The number of rotatable bonds is 28. The molecule has 0 bridgehead atoms. The van der Waals surface area contributed by atoms with Crippen LogP contribution in [0, 0.1) is 38.5 Å². The van der Waals surface area contributed by atoms with E-state index < -0.39 is 172 Å². The lowest BCUT2D eigenvalue weighted by molar-refractivity contribution is -0.366. The second kappa shape index (κ2) is 32.3. The molecular weight excluding hydrogens is 1160 g/mol. The molecule has 88 heavy (non-hydrogen) atoms. The Hall–Kier alpha value is -4.27. The van der Waals surface area contributed by atoms with Crippen LogP contribution in [-0.4, -0.2) is 231 Å². The molecule has 27 heteroatoms. The molecule has 4 fully saturated rings. The SMILES string of the molecule is CO[C@@H]1C(C(=O)NCC(=O)Oc2c(C)c(C)c3c(c2C)CCC(C)(CCCC(C)CCCC(C)CCCC(C)C)O3)O[C@@H](O[C@@H]2C(NC(C)=O)[C@H](O[C@@H]3C(C(=O)O)O[C@@H](O[C@@H]4C(NC(C)=O)[C@H](C)OC(CO)[C@H]4O)C(O)[C@H]3O)OC(CO)[C@H]2O)C(O)[C@H]1O. The first-order valence-corrected chi connectivity index (χ1v) is 30.9. The van der Waals surface area contributed by atoms with Gasteiger partial charge in [-0.2, -0.15) is 0 Å². The van der Waals surface area contributed by atoms with Gasteiger partial charge in [0, 0.05) is 26.5 Å². The van der Waals surface area contributed by atoms with E-state index in [-0.39, 0.29) is 5.60 Å². The normalized spacial score (nSPS) is 35.7. The Morgan fingerprint density at radius 1 is 0.625 bits per heavy atom. The van der Waals surface area contributed by atoms with Crippen LogP contribution in [0.1, 0.15) is 142 Å². The average Bonchev–Trinajstić information content (AvgIpc) is 1.06. The second-order valence-electron chi connectivity index (χ2n) is 25.5. The summed E-state index contributed by atoms with van der Waals surface area (Å²) >= 11 is 0. The molecule has 27 nitrogen and oxygen atoms in total. The molecule has 0 aromatic heterocycles. The van der Waals surface area contributed by atoms with Gasteiger partial charge in [0.25, 0.3) is 5.91 Å². The fourth-order valence-electron chi connectivity index (χ4n) is 12.6. The highest BCUT2D eigenvalue weighted by molar-refractivity contribution is 5.86. The Kier molecular flexibility index (Phi) is 26.7. The van der Waals surface area contributed by atoms with Crippen molar-refractivity contribution < 1.29 is 117 Å². The number of methoxy groups -OCH3 is 1. The number of nitrogens with one attached hydrogen (secondary N) is 3. The van der Waals surface area contributed by atoms with Crippen molar-refractivity contribution in [1.82, 2.24) is 16.0 Å². The van der Waals surface area contributed by atoms with Crippen LogP contribution in [0.25, 0.3) is 0 Å². The lowest BCUT2D eigenvalue weighted by Crippen LogP contribution is -2.70. The van der Waals surface area contributed by atoms with Crippen LogP contribution in [0.2, 0.25) is 0 Å². The van der Waals surface area contributed by atoms with E-state index in [2.05, 4.69) is 50.6 Å². The van der Waals surface area contributed by atoms with Gasteiger partial charge in [-0.3, -0.25) is 14.4 Å². The Morgan fingerprint density at radius 3 is 1.68 bits per heavy atom. The highest BCUT2D eigenvalue weighted by Crippen LogP contribution is 2.45. The van der Waals surface area contributed by atoms with Crippen LogP contribution in [0.5, 0.6) is 11.5 Å². The van der Waals surface area contributed by atoms with Gasteiger partial charge in [-0.05, 0) is 94.7 Å². The minimum atomic E-state index is -2.27. The maximum atomic E-state index is 14.0. The molecule has 4 saturated heterocycles. The molecule has 0 saturated carbocycles. The summed E-state index contributed by atoms with van der Waals surface area (Å²) in [6, 6.07) is -2.95. The molecule has 11 unspecified atom stereocenters. The van der Waals surface area contributed by atoms with Crippen molar-refractivity contribution in [3.8, 4) is 11.5 Å². The standard InChI is InChI=1S/C61H99N3O24/c1-27(2)16-13-17-28(3)18-14-19-29(4)20-15-22-61(11)23-21-36-32(7)48(30(5)31(6)49(36)88-61)82-39(69)24-62-56(76)54-52(79-12)44(72)46(74)59(86-54)84-51-41(64-35(10)68)58(81-38(26-66)43(51)71)85-53-45(73)47(75)60(87-55(53)57(77)78)83-50-40(63-34(9)67)33(8)80-37(25-65)42(50)70/h27-29,33,37-38,40-47,50-55,58-60,65-66,70-75H,13-26H2,1-12H3,(H,62,76)(H,63,67)(H,64,68)(H,77,78)/t28?,29?,33-,37?,38?,40?,41?,42+,43+,44+,45+,46?,47?,50+,51+,52-,53-,54?,55?,58-,59+,60+,61?/m0/s1. The molecule has 502 valence electrons. The number of carboxylic acids is 1. The van der Waals surface area contributed by atoms with Crippen molar-refractivity contribution in [2.24, 2.45) is 17.8 Å². The summed E-state index contributed by atoms with van der Waals surface area (Å²) in [5, 5.41) is 107. The summed E-state index contributed by atoms with van der Waals surface area (Å²) in [5.41, 5.74) is 2.74. The number of hydrogen-bond donors (Lipinski definition) is 12. The summed E-state index contributed by atoms with van der Waals surface area (Å²) < 4.78 is 58.9. The van der Waals surface area contributed by atoms with Crippen LogP contribution in [-0.2, 0) is 68.3 Å². The van der Waals surface area contributed by atoms with E-state index in [1.54, 1.807) is 0 Å². The molecule has 1 aromatic rings. The molecule has 5 aliphatic heterocycles. The minimum absolute atomic E-state index is 0.309. The molecule has 5 heterocycles. The average molecular weight is 1260 g/mol. The number of carboxylic acid groups (broad SMARTS) is 1. The summed E-state index contributed by atoms with van der Waals surface area (Å²) in [5.74, 6) is -1.96. The Labute approximate surface area is 514 Å². The third-order valence-electron chi connectivity index (χ3n) is 17.9. The van der Waals surface area contributed by atoms with Crippen molar-refractivity contribution in [1.29, 1.82) is 0 Å². The van der Waals surface area contributed by atoms with E-state index in [4.69, 9.17) is 47.4 Å². The van der Waals surface area contributed by atoms with Gasteiger partial charge in [0.1, 0.15) is 103 Å². The van der Waals surface area contributed by atoms with Gasteiger partial charge in [0.2, 0.25) is 11.8 Å². The van der Waals surface area contributed by atoms with Gasteiger partial charge < -0.3 is 109 Å². The van der Waals surface area contributed by atoms with E-state index in [0.29, 0.717) is 29.2 Å². The van der Waals surface area contributed by atoms with Crippen LogP contribution < -0.4 is 25.4 Å². The fraction of sp³-hybridized carbons (Fsp3) is 0.820. The zero-order valence-corrected chi connectivity index (χ0v) is 52.8. The first kappa shape index (κ1) is 72.8. The monoisotopic (exact) mass is 1260 g/mol. The first-order valence-electron chi connectivity index (χ1n) is 30.9. The zero-order chi connectivity index (χ0) is 65.2. The number of amides is 3. The third-order valence-corrected chi connectivity index (χ3v) is 17.9. The van der Waals surface area contributed by atoms with Gasteiger partial charge in [0.05, 0.1) is 25.4 Å². The number of aliphatic hydroxyl groups excluding tert-OH is 8. The van der Waals surface area contributed by atoms with Crippen LogP contribution >= 0.6 is 0 Å². The Balaban J connectivity index is 1.10. The highest BCUT2D eigenvalue weighted by Gasteiger charge is 2.58. The molecule has 0 aliphatic carbocycles. The van der Waals surface area contributed by atoms with Crippen molar-refractivity contribution in [3.63, 3.8) is 0 Å². The van der Waals surface area contributed by atoms with Gasteiger partial charge in [-0.25, -0.2) is 9.59 Å². The van der Waals surface area contributed by atoms with E-state index in [1.165, 1.54) is 45.4 Å². The molecule has 3 amide bonds. The molecule has 0 spiro atoms. The third kappa shape index (κ3) is 17.9. The maximum absolute atomic E-state index is 14.0. The Morgan fingerprint density at radius 2 is 1.14 bits per heavy atom. The molecule has 5 aliphatic rings. The quantitative estimate of drug-likeness (QED) is 0.0402. The number of carbonyl (C=O) groups is 5. The predicted molar refractivity (Wildman–Crippen MR) is 310 cm³/mol. The number of esters is 1. The number of carbonyl (C=O) groups excluding carboxylic acids is 4. The number of aliphatic hydroxyl groups is 8. The largest absolute Gasteiger partial charge is 0.487 e. The summed E-state index contributed by atoms with van der Waals surface area (Å²) in [6.45, 7) is 18.2. The number of ether oxygens (including phenoxy) is 10. The summed E-state index contributed by atoms with van der Waals surface area (Å²) in [4.78, 5) is 65.5. The summed E-state index contributed by atoms with van der Waals surface area (Å²) in [6.07, 6.45) is -21.4. The topological polar surface area (TPSA) is 396 Å². The van der Waals surface area contributed by atoms with Crippen LogP contribution in [0.3, 0.4) is 0 Å².